The van der Waals surface area contributed by atoms with Crippen molar-refractivity contribution in [3.63, 3.8) is 0 Å². The van der Waals surface area contributed by atoms with Crippen LogP contribution < -0.4 is 15.4 Å². The number of amides is 2. The van der Waals surface area contributed by atoms with Crippen molar-refractivity contribution < 1.29 is 14.3 Å². The number of carbonyl (C=O) groups is 2. The summed E-state index contributed by atoms with van der Waals surface area (Å²) >= 11 is 0. The molecule has 2 fully saturated rings. The molecule has 2 N–H and O–H groups in total. The molecular formula is C20H28N2O3. The van der Waals surface area contributed by atoms with Crippen LogP contribution >= 0.6 is 0 Å². The Kier molecular flexibility index (Phi) is 5.30. The first-order valence-electron chi connectivity index (χ1n) is 9.23. The van der Waals surface area contributed by atoms with Gasteiger partial charge in [-0.2, -0.15) is 0 Å². The molecule has 5 unspecified atom stereocenters. The van der Waals surface area contributed by atoms with Gasteiger partial charge in [-0.15, -0.1) is 0 Å². The Labute approximate surface area is 149 Å². The Hall–Kier alpha value is -2.04. The quantitative estimate of drug-likeness (QED) is 0.881. The van der Waals surface area contributed by atoms with Gasteiger partial charge in [0.1, 0.15) is 5.75 Å². The summed E-state index contributed by atoms with van der Waals surface area (Å²) < 4.78 is 5.54. The van der Waals surface area contributed by atoms with Crippen LogP contribution in [0.15, 0.2) is 24.3 Å². The van der Waals surface area contributed by atoms with E-state index in [-0.39, 0.29) is 36.4 Å². The number of rotatable bonds is 4. The number of carbonyl (C=O) groups excluding carboxylic acids is 2. The molecule has 1 saturated carbocycles. The Balaban J connectivity index is 1.48. The maximum Gasteiger partial charge on any atom is 0.258 e. The predicted molar refractivity (Wildman–Crippen MR) is 96.2 cm³/mol. The van der Waals surface area contributed by atoms with E-state index in [1.165, 1.54) is 0 Å². The maximum atomic E-state index is 12.2. The van der Waals surface area contributed by atoms with Gasteiger partial charge in [-0.1, -0.05) is 31.5 Å². The summed E-state index contributed by atoms with van der Waals surface area (Å²) in [5.41, 5.74) is 1.16. The molecule has 1 saturated heterocycles. The first-order valence-corrected chi connectivity index (χ1v) is 9.23. The summed E-state index contributed by atoms with van der Waals surface area (Å²) in [5.74, 6) is 1.74. The van der Waals surface area contributed by atoms with Crippen LogP contribution in [0.3, 0.4) is 0 Å². The molecule has 2 amide bonds. The van der Waals surface area contributed by atoms with E-state index in [0.29, 0.717) is 17.6 Å². The number of aryl methyl sites for hydroxylation is 1. The Morgan fingerprint density at radius 3 is 2.68 bits per heavy atom. The largest absolute Gasteiger partial charge is 0.484 e. The lowest BCUT2D eigenvalue weighted by atomic mass is 9.68. The summed E-state index contributed by atoms with van der Waals surface area (Å²) in [7, 11) is 0. The average molecular weight is 344 g/mol. The fourth-order valence-electron chi connectivity index (χ4n) is 4.10. The van der Waals surface area contributed by atoms with Crippen LogP contribution in [-0.4, -0.2) is 30.5 Å². The number of fused-ring (bicyclic) bond motifs is 1. The van der Waals surface area contributed by atoms with Gasteiger partial charge in [0.05, 0.1) is 0 Å². The van der Waals surface area contributed by atoms with Gasteiger partial charge in [-0.25, -0.2) is 0 Å². The van der Waals surface area contributed by atoms with E-state index < -0.39 is 0 Å². The van der Waals surface area contributed by atoms with E-state index in [4.69, 9.17) is 4.74 Å². The summed E-state index contributed by atoms with van der Waals surface area (Å²) in [6.07, 6.45) is 2.81. The van der Waals surface area contributed by atoms with Gasteiger partial charge in [0.25, 0.3) is 5.91 Å². The highest BCUT2D eigenvalue weighted by molar-refractivity contribution is 5.80. The molecule has 25 heavy (non-hydrogen) atoms. The van der Waals surface area contributed by atoms with Crippen molar-refractivity contribution >= 4 is 11.8 Å². The third kappa shape index (κ3) is 4.14. The summed E-state index contributed by atoms with van der Waals surface area (Å²) in [6, 6.07) is 7.94. The van der Waals surface area contributed by atoms with Gasteiger partial charge in [0, 0.05) is 18.0 Å². The van der Waals surface area contributed by atoms with E-state index in [9.17, 15) is 9.59 Å². The molecule has 0 bridgehead atoms. The van der Waals surface area contributed by atoms with Gasteiger partial charge >= 0.3 is 0 Å². The lowest BCUT2D eigenvalue weighted by Crippen LogP contribution is -2.57. The van der Waals surface area contributed by atoms with Gasteiger partial charge in [-0.3, -0.25) is 9.59 Å². The van der Waals surface area contributed by atoms with Crippen LogP contribution in [0.2, 0.25) is 0 Å². The molecule has 5 nitrogen and oxygen atoms in total. The molecule has 1 aliphatic carbocycles. The molecule has 5 heteroatoms. The zero-order valence-electron chi connectivity index (χ0n) is 15.2. The number of hydrogen-bond acceptors (Lipinski definition) is 3. The van der Waals surface area contributed by atoms with Crippen molar-refractivity contribution in [3.8, 4) is 5.75 Å². The third-order valence-corrected chi connectivity index (χ3v) is 5.87. The molecule has 136 valence electrons. The van der Waals surface area contributed by atoms with Crippen LogP contribution in [0.5, 0.6) is 5.75 Å². The van der Waals surface area contributed by atoms with Crippen molar-refractivity contribution in [1.82, 2.24) is 10.6 Å². The fourth-order valence-corrected chi connectivity index (χ4v) is 4.10. The van der Waals surface area contributed by atoms with Gasteiger partial charge in [0.2, 0.25) is 5.91 Å². The van der Waals surface area contributed by atoms with Crippen molar-refractivity contribution in [1.29, 1.82) is 0 Å². The van der Waals surface area contributed by atoms with Crippen molar-refractivity contribution in [2.45, 2.75) is 52.1 Å². The molecule has 0 aromatic heterocycles. The van der Waals surface area contributed by atoms with Crippen molar-refractivity contribution in [2.24, 2.45) is 17.8 Å². The maximum absolute atomic E-state index is 12.2. The standard InChI is InChI=1S/C20H28N2O3/c1-12-4-7-16(8-5-12)25-11-19(23)21-15-6-9-17-13(2)14(3)20(24)22-18(17)10-15/h4-5,7-8,13-15,17-18H,6,9-11H2,1-3H3,(H,21,23)(H,22,24). The second-order valence-corrected chi connectivity index (χ2v) is 7.61. The molecule has 1 aromatic carbocycles. The minimum atomic E-state index is -0.104. The zero-order chi connectivity index (χ0) is 18.0. The summed E-state index contributed by atoms with van der Waals surface area (Å²) in [6.45, 7) is 6.22. The number of ether oxygens (including phenoxy) is 1. The van der Waals surface area contributed by atoms with Crippen molar-refractivity contribution in [2.75, 3.05) is 6.61 Å². The predicted octanol–water partition coefficient (Wildman–Crippen LogP) is 2.43. The number of hydrogen-bond donors (Lipinski definition) is 2. The van der Waals surface area contributed by atoms with Gasteiger partial charge in [-0.05, 0) is 50.2 Å². The minimum Gasteiger partial charge on any atom is -0.484 e. The molecule has 1 aliphatic heterocycles. The van der Waals surface area contributed by atoms with Crippen LogP contribution in [0.1, 0.15) is 38.7 Å². The summed E-state index contributed by atoms with van der Waals surface area (Å²) in [4.78, 5) is 24.2. The average Bonchev–Trinajstić information content (AvgIpc) is 2.59. The number of benzene rings is 1. The van der Waals surface area contributed by atoms with Crippen molar-refractivity contribution in [3.05, 3.63) is 29.8 Å². The van der Waals surface area contributed by atoms with E-state index in [2.05, 4.69) is 17.6 Å². The normalized spacial score (nSPS) is 31.6. The lowest BCUT2D eigenvalue weighted by molar-refractivity contribution is -0.132. The lowest BCUT2D eigenvalue weighted by Gasteiger charge is -2.45. The van der Waals surface area contributed by atoms with E-state index in [1.54, 1.807) is 0 Å². The molecular weight excluding hydrogens is 316 g/mol. The Bertz CT molecular complexity index is 628. The molecule has 1 heterocycles. The zero-order valence-corrected chi connectivity index (χ0v) is 15.2. The molecule has 0 spiro atoms. The highest BCUT2D eigenvalue weighted by Gasteiger charge is 2.42. The SMILES string of the molecule is Cc1ccc(OCC(=O)NC2CCC3C(C2)NC(=O)C(C)C3C)cc1. The highest BCUT2D eigenvalue weighted by atomic mass is 16.5. The highest BCUT2D eigenvalue weighted by Crippen LogP contribution is 2.37. The monoisotopic (exact) mass is 344 g/mol. The first kappa shape index (κ1) is 17.8. The molecule has 3 rings (SSSR count). The first-order chi connectivity index (χ1) is 11.9. The van der Waals surface area contributed by atoms with E-state index >= 15 is 0 Å². The Morgan fingerprint density at radius 1 is 1.24 bits per heavy atom. The number of piperidine rings is 1. The Morgan fingerprint density at radius 2 is 1.96 bits per heavy atom. The smallest absolute Gasteiger partial charge is 0.258 e. The molecule has 5 atom stereocenters. The fraction of sp³-hybridized carbons (Fsp3) is 0.600. The van der Waals surface area contributed by atoms with E-state index in [0.717, 1.165) is 24.8 Å². The van der Waals surface area contributed by atoms with E-state index in [1.807, 2.05) is 38.1 Å². The van der Waals surface area contributed by atoms with Gasteiger partial charge in [0.15, 0.2) is 6.61 Å². The van der Waals surface area contributed by atoms with Crippen LogP contribution in [0, 0.1) is 24.7 Å². The van der Waals surface area contributed by atoms with Crippen LogP contribution in [0.4, 0.5) is 0 Å². The van der Waals surface area contributed by atoms with Crippen LogP contribution in [0.25, 0.3) is 0 Å². The molecule has 0 radical (unpaired) electrons. The molecule has 1 aromatic rings. The summed E-state index contributed by atoms with van der Waals surface area (Å²) in [5, 5.41) is 6.20. The third-order valence-electron chi connectivity index (χ3n) is 5.87. The van der Waals surface area contributed by atoms with Crippen LogP contribution in [-0.2, 0) is 9.59 Å². The second-order valence-electron chi connectivity index (χ2n) is 7.61. The topological polar surface area (TPSA) is 67.4 Å². The molecule has 2 aliphatic rings. The second kappa shape index (κ2) is 7.46. The number of nitrogens with one attached hydrogen (secondary N) is 2. The minimum absolute atomic E-state index is 0.0213. The van der Waals surface area contributed by atoms with Gasteiger partial charge < -0.3 is 15.4 Å².